The first kappa shape index (κ1) is 14.1. The number of rotatable bonds is 3. The summed E-state index contributed by atoms with van der Waals surface area (Å²) >= 11 is 0. The van der Waals surface area contributed by atoms with E-state index in [1.54, 1.807) is 0 Å². The standard InChI is InChI=1S/C17H24N4/c1-12-18-16(21-20-12)13-7-6-8-14(11-13)19-15-9-4-5-10-17(15,2)3/h6-8,11,15,19H,4-5,9-10H2,1-3H3,(H,18,20,21). The number of aromatic amines is 1. The third-order valence-electron chi connectivity index (χ3n) is 4.57. The first-order chi connectivity index (χ1) is 10.0. The molecular weight excluding hydrogens is 260 g/mol. The molecule has 1 saturated carbocycles. The number of benzene rings is 1. The number of nitrogens with one attached hydrogen (secondary N) is 2. The van der Waals surface area contributed by atoms with E-state index >= 15 is 0 Å². The zero-order valence-electron chi connectivity index (χ0n) is 13.1. The molecule has 2 N–H and O–H groups in total. The molecule has 2 aromatic rings. The molecule has 1 unspecified atom stereocenters. The van der Waals surface area contributed by atoms with E-state index in [1.165, 1.54) is 25.7 Å². The summed E-state index contributed by atoms with van der Waals surface area (Å²) in [6, 6.07) is 8.94. The highest BCUT2D eigenvalue weighted by Crippen LogP contribution is 2.37. The van der Waals surface area contributed by atoms with E-state index < -0.39 is 0 Å². The van der Waals surface area contributed by atoms with Crippen molar-refractivity contribution >= 4 is 5.69 Å². The van der Waals surface area contributed by atoms with E-state index in [1.807, 2.05) is 6.92 Å². The second kappa shape index (κ2) is 5.51. The Morgan fingerprint density at radius 2 is 2.14 bits per heavy atom. The van der Waals surface area contributed by atoms with Crippen LogP contribution in [0.15, 0.2) is 24.3 Å². The number of anilines is 1. The molecule has 0 saturated heterocycles. The molecule has 1 atom stereocenters. The molecule has 3 rings (SSSR count). The maximum Gasteiger partial charge on any atom is 0.181 e. The molecule has 4 heteroatoms. The zero-order chi connectivity index (χ0) is 14.9. The first-order valence-electron chi connectivity index (χ1n) is 7.80. The number of aromatic nitrogens is 3. The molecule has 1 aliphatic carbocycles. The highest BCUT2D eigenvalue weighted by molar-refractivity contribution is 5.62. The summed E-state index contributed by atoms with van der Waals surface area (Å²) < 4.78 is 0. The summed E-state index contributed by atoms with van der Waals surface area (Å²) in [6.07, 6.45) is 5.21. The SMILES string of the molecule is Cc1nc(-c2cccc(NC3CCCCC3(C)C)c2)n[nH]1. The van der Waals surface area contributed by atoms with Gasteiger partial charge < -0.3 is 5.32 Å². The minimum Gasteiger partial charge on any atom is -0.382 e. The van der Waals surface area contributed by atoms with Gasteiger partial charge in [-0.1, -0.05) is 38.8 Å². The van der Waals surface area contributed by atoms with Crippen LogP contribution in [-0.2, 0) is 0 Å². The molecule has 1 heterocycles. The lowest BCUT2D eigenvalue weighted by molar-refractivity contribution is 0.217. The van der Waals surface area contributed by atoms with E-state index in [9.17, 15) is 0 Å². The number of nitrogens with zero attached hydrogens (tertiary/aromatic N) is 2. The molecule has 0 amide bonds. The molecule has 1 aliphatic rings. The number of hydrogen-bond donors (Lipinski definition) is 2. The Balaban J connectivity index is 1.80. The summed E-state index contributed by atoms with van der Waals surface area (Å²) in [4.78, 5) is 4.40. The Hall–Kier alpha value is -1.84. The minimum atomic E-state index is 0.357. The van der Waals surface area contributed by atoms with Crippen LogP contribution < -0.4 is 5.32 Å². The summed E-state index contributed by atoms with van der Waals surface area (Å²) in [5.74, 6) is 1.61. The highest BCUT2D eigenvalue weighted by atomic mass is 15.2. The van der Waals surface area contributed by atoms with Gasteiger partial charge in [0.2, 0.25) is 0 Å². The summed E-state index contributed by atoms with van der Waals surface area (Å²) in [5, 5.41) is 10.9. The van der Waals surface area contributed by atoms with Crippen molar-refractivity contribution in [1.82, 2.24) is 15.2 Å². The van der Waals surface area contributed by atoms with Crippen LogP contribution >= 0.6 is 0 Å². The minimum absolute atomic E-state index is 0.357. The number of H-pyrrole nitrogens is 1. The van der Waals surface area contributed by atoms with Gasteiger partial charge in [0, 0.05) is 17.3 Å². The van der Waals surface area contributed by atoms with Gasteiger partial charge in [-0.2, -0.15) is 5.10 Å². The molecule has 21 heavy (non-hydrogen) atoms. The average molecular weight is 284 g/mol. The van der Waals surface area contributed by atoms with Crippen LogP contribution in [0.5, 0.6) is 0 Å². The van der Waals surface area contributed by atoms with Crippen molar-refractivity contribution in [3.05, 3.63) is 30.1 Å². The normalized spacial score (nSPS) is 21.2. The Morgan fingerprint density at radius 1 is 1.29 bits per heavy atom. The molecule has 0 spiro atoms. The fourth-order valence-electron chi connectivity index (χ4n) is 3.18. The fraction of sp³-hybridized carbons (Fsp3) is 0.529. The maximum absolute atomic E-state index is 4.40. The van der Waals surface area contributed by atoms with Gasteiger partial charge in [-0.25, -0.2) is 4.98 Å². The summed E-state index contributed by atoms with van der Waals surface area (Å²) in [6.45, 7) is 6.65. The highest BCUT2D eigenvalue weighted by Gasteiger charge is 2.31. The van der Waals surface area contributed by atoms with E-state index in [0.29, 0.717) is 11.5 Å². The topological polar surface area (TPSA) is 53.6 Å². The predicted octanol–water partition coefficient (Wildman–Crippen LogP) is 4.16. The maximum atomic E-state index is 4.40. The molecule has 0 bridgehead atoms. The van der Waals surface area contributed by atoms with Gasteiger partial charge in [0.15, 0.2) is 5.82 Å². The second-order valence-electron chi connectivity index (χ2n) is 6.76. The third-order valence-corrected chi connectivity index (χ3v) is 4.57. The van der Waals surface area contributed by atoms with Gasteiger partial charge in [0.05, 0.1) is 0 Å². The monoisotopic (exact) mass is 284 g/mol. The first-order valence-corrected chi connectivity index (χ1v) is 7.80. The number of aryl methyl sites for hydroxylation is 1. The van der Waals surface area contributed by atoms with Crippen LogP contribution in [0.2, 0.25) is 0 Å². The Labute approximate surface area is 126 Å². The van der Waals surface area contributed by atoms with Gasteiger partial charge in [-0.15, -0.1) is 0 Å². The molecule has 1 aromatic heterocycles. The van der Waals surface area contributed by atoms with Crippen molar-refractivity contribution in [3.8, 4) is 11.4 Å². The Kier molecular flexibility index (Phi) is 3.70. The van der Waals surface area contributed by atoms with Crippen molar-refractivity contribution in [3.63, 3.8) is 0 Å². The lowest BCUT2D eigenvalue weighted by Gasteiger charge is -2.39. The third kappa shape index (κ3) is 3.09. The van der Waals surface area contributed by atoms with E-state index in [0.717, 1.165) is 22.9 Å². The van der Waals surface area contributed by atoms with Gasteiger partial charge in [-0.3, -0.25) is 5.10 Å². The van der Waals surface area contributed by atoms with Crippen LogP contribution in [0.4, 0.5) is 5.69 Å². The smallest absolute Gasteiger partial charge is 0.181 e. The lowest BCUT2D eigenvalue weighted by Crippen LogP contribution is -2.38. The van der Waals surface area contributed by atoms with Crippen molar-refractivity contribution in [2.24, 2.45) is 5.41 Å². The summed E-state index contributed by atoms with van der Waals surface area (Å²) in [5.41, 5.74) is 2.57. The molecule has 1 fully saturated rings. The Bertz CT molecular complexity index is 615. The largest absolute Gasteiger partial charge is 0.382 e. The van der Waals surface area contributed by atoms with Crippen molar-refractivity contribution in [2.45, 2.75) is 52.5 Å². The van der Waals surface area contributed by atoms with Gasteiger partial charge in [-0.05, 0) is 37.3 Å². The molecule has 112 valence electrons. The van der Waals surface area contributed by atoms with Gasteiger partial charge in [0.25, 0.3) is 0 Å². The van der Waals surface area contributed by atoms with E-state index in [-0.39, 0.29) is 0 Å². The zero-order valence-corrected chi connectivity index (χ0v) is 13.1. The predicted molar refractivity (Wildman–Crippen MR) is 86.2 cm³/mol. The van der Waals surface area contributed by atoms with Gasteiger partial charge in [0.1, 0.15) is 5.82 Å². The van der Waals surface area contributed by atoms with E-state index in [2.05, 4.69) is 58.6 Å². The van der Waals surface area contributed by atoms with Crippen LogP contribution in [0.3, 0.4) is 0 Å². The van der Waals surface area contributed by atoms with Crippen LogP contribution in [-0.4, -0.2) is 21.2 Å². The molecule has 4 nitrogen and oxygen atoms in total. The van der Waals surface area contributed by atoms with Crippen LogP contribution in [0.25, 0.3) is 11.4 Å². The average Bonchev–Trinajstić information content (AvgIpc) is 2.88. The molecular formula is C17H24N4. The second-order valence-corrected chi connectivity index (χ2v) is 6.76. The van der Waals surface area contributed by atoms with Crippen molar-refractivity contribution in [2.75, 3.05) is 5.32 Å². The lowest BCUT2D eigenvalue weighted by atomic mass is 9.73. The summed E-state index contributed by atoms with van der Waals surface area (Å²) in [7, 11) is 0. The number of hydrogen-bond acceptors (Lipinski definition) is 3. The Morgan fingerprint density at radius 3 is 2.86 bits per heavy atom. The van der Waals surface area contributed by atoms with Crippen molar-refractivity contribution < 1.29 is 0 Å². The molecule has 1 aromatic carbocycles. The van der Waals surface area contributed by atoms with Crippen LogP contribution in [0.1, 0.15) is 45.4 Å². The van der Waals surface area contributed by atoms with Gasteiger partial charge >= 0.3 is 0 Å². The fourth-order valence-corrected chi connectivity index (χ4v) is 3.18. The van der Waals surface area contributed by atoms with E-state index in [4.69, 9.17) is 0 Å². The quantitative estimate of drug-likeness (QED) is 0.889. The van der Waals surface area contributed by atoms with Crippen LogP contribution in [0, 0.1) is 12.3 Å². The molecule has 0 aliphatic heterocycles. The van der Waals surface area contributed by atoms with Crippen molar-refractivity contribution in [1.29, 1.82) is 0 Å². The molecule has 0 radical (unpaired) electrons.